The van der Waals surface area contributed by atoms with E-state index in [0.717, 1.165) is 5.65 Å². The van der Waals surface area contributed by atoms with E-state index in [-0.39, 0.29) is 12.0 Å². The van der Waals surface area contributed by atoms with Crippen molar-refractivity contribution in [3.8, 4) is 0 Å². The molecule has 3 rings (SSSR count). The first kappa shape index (κ1) is 14.1. The molecule has 0 radical (unpaired) electrons. The molecule has 2 aromatic heterocycles. The van der Waals surface area contributed by atoms with Crippen LogP contribution in [0.1, 0.15) is 18.5 Å². The van der Waals surface area contributed by atoms with Crippen molar-refractivity contribution in [2.75, 3.05) is 13.1 Å². The number of hydrogen-bond donors (Lipinski definition) is 1. The van der Waals surface area contributed by atoms with Crippen LogP contribution < -0.4 is 0 Å². The van der Waals surface area contributed by atoms with Crippen molar-refractivity contribution in [1.29, 1.82) is 0 Å². The summed E-state index contributed by atoms with van der Waals surface area (Å²) in [6, 6.07) is 5.63. The van der Waals surface area contributed by atoms with E-state index in [0.29, 0.717) is 36.8 Å². The van der Waals surface area contributed by atoms with Crippen LogP contribution in [0.15, 0.2) is 30.5 Å². The standard InChI is InChI=1S/C15H16ClN3O2/c16-15-12(19-8-2-1-3-13(19)17-15)4-5-14(21)18-9-6-11(20)7-10-18/h1-5,8,11,20H,6-7,9-10H2/b5-4+. The molecule has 1 saturated heterocycles. The number of amides is 1. The van der Waals surface area contributed by atoms with Crippen LogP contribution in [0.5, 0.6) is 0 Å². The maximum Gasteiger partial charge on any atom is 0.246 e. The number of aromatic nitrogens is 2. The minimum absolute atomic E-state index is 0.0659. The van der Waals surface area contributed by atoms with Gasteiger partial charge in [0.05, 0.1) is 11.8 Å². The maximum absolute atomic E-state index is 12.1. The molecule has 0 unspecified atom stereocenters. The maximum atomic E-state index is 12.1. The molecule has 1 fully saturated rings. The summed E-state index contributed by atoms with van der Waals surface area (Å²) < 4.78 is 1.84. The number of aliphatic hydroxyl groups excluding tert-OH is 1. The second-order valence-corrected chi connectivity index (χ2v) is 5.46. The lowest BCUT2D eigenvalue weighted by Gasteiger charge is -2.28. The largest absolute Gasteiger partial charge is 0.393 e. The number of pyridine rings is 1. The molecule has 0 atom stereocenters. The number of fused-ring (bicyclic) bond motifs is 1. The molecule has 0 aliphatic carbocycles. The summed E-state index contributed by atoms with van der Waals surface area (Å²) in [4.78, 5) is 18.1. The first-order chi connectivity index (χ1) is 10.1. The Kier molecular flexibility index (Phi) is 3.94. The van der Waals surface area contributed by atoms with Gasteiger partial charge in [0.15, 0.2) is 5.15 Å². The number of nitrogens with zero attached hydrogens (tertiary/aromatic N) is 3. The summed E-state index contributed by atoms with van der Waals surface area (Å²) in [5, 5.41) is 9.83. The number of imidazole rings is 1. The molecule has 110 valence electrons. The smallest absolute Gasteiger partial charge is 0.246 e. The first-order valence-corrected chi connectivity index (χ1v) is 7.30. The number of hydrogen-bond acceptors (Lipinski definition) is 3. The van der Waals surface area contributed by atoms with Crippen LogP contribution >= 0.6 is 11.6 Å². The van der Waals surface area contributed by atoms with E-state index in [2.05, 4.69) is 4.98 Å². The van der Waals surface area contributed by atoms with Gasteiger partial charge in [-0.25, -0.2) is 4.98 Å². The predicted molar refractivity (Wildman–Crippen MR) is 81.1 cm³/mol. The molecule has 2 aromatic rings. The van der Waals surface area contributed by atoms with Crippen molar-refractivity contribution in [2.24, 2.45) is 0 Å². The molecular formula is C15H16ClN3O2. The van der Waals surface area contributed by atoms with Crippen LogP contribution in [0.4, 0.5) is 0 Å². The van der Waals surface area contributed by atoms with E-state index in [1.807, 2.05) is 28.8 Å². The number of carbonyl (C=O) groups excluding carboxylic acids is 1. The zero-order chi connectivity index (χ0) is 14.8. The molecule has 1 N–H and O–H groups in total. The van der Waals surface area contributed by atoms with Gasteiger partial charge in [0.2, 0.25) is 5.91 Å². The Hall–Kier alpha value is -1.85. The van der Waals surface area contributed by atoms with Crippen molar-refractivity contribution in [2.45, 2.75) is 18.9 Å². The molecule has 1 amide bonds. The van der Waals surface area contributed by atoms with Gasteiger partial charge in [0.1, 0.15) is 5.65 Å². The Morgan fingerprint density at radius 3 is 2.90 bits per heavy atom. The van der Waals surface area contributed by atoms with Crippen LogP contribution in [0, 0.1) is 0 Å². The van der Waals surface area contributed by atoms with Gasteiger partial charge in [0.25, 0.3) is 0 Å². The van der Waals surface area contributed by atoms with Crippen LogP contribution in [0.25, 0.3) is 11.7 Å². The molecular weight excluding hydrogens is 290 g/mol. The van der Waals surface area contributed by atoms with Crippen molar-refractivity contribution >= 4 is 29.2 Å². The fourth-order valence-corrected chi connectivity index (χ4v) is 2.72. The Morgan fingerprint density at radius 2 is 2.14 bits per heavy atom. The predicted octanol–water partition coefficient (Wildman–Crippen LogP) is 1.98. The molecule has 1 aliphatic heterocycles. The Morgan fingerprint density at radius 1 is 1.38 bits per heavy atom. The molecule has 6 heteroatoms. The van der Waals surface area contributed by atoms with Gasteiger partial charge in [-0.3, -0.25) is 9.20 Å². The summed E-state index contributed by atoms with van der Waals surface area (Å²) >= 11 is 6.11. The number of piperidine rings is 1. The van der Waals surface area contributed by atoms with E-state index in [1.165, 1.54) is 6.08 Å². The fraction of sp³-hybridized carbons (Fsp3) is 0.333. The summed E-state index contributed by atoms with van der Waals surface area (Å²) in [6.07, 6.45) is 6.04. The minimum Gasteiger partial charge on any atom is -0.393 e. The summed E-state index contributed by atoms with van der Waals surface area (Å²) in [5.41, 5.74) is 1.44. The number of rotatable bonds is 2. The lowest BCUT2D eigenvalue weighted by Crippen LogP contribution is -2.39. The molecule has 0 spiro atoms. The van der Waals surface area contributed by atoms with Gasteiger partial charge in [-0.05, 0) is 31.1 Å². The third-order valence-corrected chi connectivity index (χ3v) is 3.96. The third-order valence-electron chi connectivity index (χ3n) is 3.68. The van der Waals surface area contributed by atoms with Gasteiger partial charge < -0.3 is 10.0 Å². The molecule has 0 aromatic carbocycles. The average molecular weight is 306 g/mol. The molecule has 0 bridgehead atoms. The molecule has 3 heterocycles. The van der Waals surface area contributed by atoms with Gasteiger partial charge in [-0.15, -0.1) is 0 Å². The summed E-state index contributed by atoms with van der Waals surface area (Å²) in [7, 11) is 0. The van der Waals surface area contributed by atoms with Gasteiger partial charge in [0, 0.05) is 25.4 Å². The molecule has 5 nitrogen and oxygen atoms in total. The average Bonchev–Trinajstić information content (AvgIpc) is 2.81. The molecule has 21 heavy (non-hydrogen) atoms. The van der Waals surface area contributed by atoms with E-state index < -0.39 is 0 Å². The Balaban J connectivity index is 1.78. The fourth-order valence-electron chi connectivity index (χ4n) is 2.48. The molecule has 0 saturated carbocycles. The van der Waals surface area contributed by atoms with Crippen molar-refractivity contribution < 1.29 is 9.90 Å². The third kappa shape index (κ3) is 2.94. The van der Waals surface area contributed by atoms with E-state index in [9.17, 15) is 9.90 Å². The highest BCUT2D eigenvalue weighted by Crippen LogP contribution is 2.19. The van der Waals surface area contributed by atoms with E-state index >= 15 is 0 Å². The van der Waals surface area contributed by atoms with Gasteiger partial charge in [-0.2, -0.15) is 0 Å². The lowest BCUT2D eigenvalue weighted by molar-refractivity contribution is -0.127. The molecule has 1 aliphatic rings. The quantitative estimate of drug-likeness (QED) is 0.863. The zero-order valence-electron chi connectivity index (χ0n) is 11.4. The second-order valence-electron chi connectivity index (χ2n) is 5.11. The number of carbonyl (C=O) groups is 1. The van der Waals surface area contributed by atoms with Crippen molar-refractivity contribution in [3.63, 3.8) is 0 Å². The lowest BCUT2D eigenvalue weighted by atomic mass is 10.1. The summed E-state index contributed by atoms with van der Waals surface area (Å²) in [6.45, 7) is 1.18. The Labute approximate surface area is 127 Å². The van der Waals surface area contributed by atoms with Crippen molar-refractivity contribution in [3.05, 3.63) is 41.3 Å². The highest BCUT2D eigenvalue weighted by Gasteiger charge is 2.19. The number of likely N-dealkylation sites (tertiary alicyclic amines) is 1. The van der Waals surface area contributed by atoms with Gasteiger partial charge in [-0.1, -0.05) is 17.7 Å². The monoisotopic (exact) mass is 305 g/mol. The van der Waals surface area contributed by atoms with Crippen LogP contribution in [-0.4, -0.2) is 44.5 Å². The number of aliphatic hydroxyl groups is 1. The highest BCUT2D eigenvalue weighted by atomic mass is 35.5. The van der Waals surface area contributed by atoms with E-state index in [4.69, 9.17) is 11.6 Å². The van der Waals surface area contributed by atoms with Crippen molar-refractivity contribution in [1.82, 2.24) is 14.3 Å². The van der Waals surface area contributed by atoms with Crippen LogP contribution in [-0.2, 0) is 4.79 Å². The van der Waals surface area contributed by atoms with Crippen LogP contribution in [0.3, 0.4) is 0 Å². The second kappa shape index (κ2) is 5.87. The zero-order valence-corrected chi connectivity index (χ0v) is 12.2. The Bertz CT molecular complexity index is 687. The normalized spacial score (nSPS) is 17.0. The topological polar surface area (TPSA) is 57.8 Å². The number of halogens is 1. The summed E-state index contributed by atoms with van der Waals surface area (Å²) in [5.74, 6) is -0.0659. The first-order valence-electron chi connectivity index (χ1n) is 6.93. The highest BCUT2D eigenvalue weighted by molar-refractivity contribution is 6.31. The SMILES string of the molecule is O=C(/C=C/c1c(Cl)nc2ccccn12)N1CCC(O)CC1. The van der Waals surface area contributed by atoms with Crippen LogP contribution in [0.2, 0.25) is 5.15 Å². The van der Waals surface area contributed by atoms with E-state index in [1.54, 1.807) is 11.0 Å². The van der Waals surface area contributed by atoms with Gasteiger partial charge >= 0.3 is 0 Å². The minimum atomic E-state index is -0.286.